The first-order valence-electron chi connectivity index (χ1n) is 14.2. The second-order valence-electron chi connectivity index (χ2n) is 10.7. The lowest BCUT2D eigenvalue weighted by Crippen LogP contribution is -2.14. The quantitative estimate of drug-likeness (QED) is 0.187. The van der Waals surface area contributed by atoms with Crippen molar-refractivity contribution in [1.29, 1.82) is 0 Å². The lowest BCUT2D eigenvalue weighted by Gasteiger charge is -2.25. The molecule has 1 saturated carbocycles. The summed E-state index contributed by atoms with van der Waals surface area (Å²) in [5.74, 6) is -0.394. The van der Waals surface area contributed by atoms with Crippen molar-refractivity contribution in [2.24, 2.45) is 0 Å². The second-order valence-corrected chi connectivity index (χ2v) is 12.7. The van der Waals surface area contributed by atoms with Crippen molar-refractivity contribution in [3.05, 3.63) is 69.7 Å². The van der Waals surface area contributed by atoms with Gasteiger partial charge in [0, 0.05) is 37.1 Å². The summed E-state index contributed by atoms with van der Waals surface area (Å²) in [6, 6.07) is 14.3. The van der Waals surface area contributed by atoms with Crippen LogP contribution in [0.5, 0.6) is 0 Å². The molecule has 0 saturated heterocycles. The zero-order chi connectivity index (χ0) is 31.1. The van der Waals surface area contributed by atoms with Gasteiger partial charge in [-0.1, -0.05) is 53.4 Å². The highest BCUT2D eigenvalue weighted by Gasteiger charge is 2.29. The highest BCUT2D eigenvalue weighted by atomic mass is 32.1. The molecule has 1 fully saturated rings. The van der Waals surface area contributed by atoms with Gasteiger partial charge in [0.25, 0.3) is 0 Å². The van der Waals surface area contributed by atoms with Crippen LogP contribution in [-0.2, 0) is 32.0 Å². The van der Waals surface area contributed by atoms with Gasteiger partial charge < -0.3 is 21.3 Å². The van der Waals surface area contributed by atoms with Gasteiger partial charge in [-0.25, -0.2) is 0 Å². The molecule has 4 N–H and O–H groups in total. The molecular weight excluding hydrogens is 601 g/mol. The van der Waals surface area contributed by atoms with Crippen LogP contribution in [0.25, 0.3) is 0 Å². The molecule has 5 rings (SSSR count). The van der Waals surface area contributed by atoms with Gasteiger partial charge in [-0.15, -0.1) is 20.4 Å². The summed E-state index contributed by atoms with van der Waals surface area (Å²) in [7, 11) is 0. The van der Waals surface area contributed by atoms with Gasteiger partial charge in [0.1, 0.15) is 10.0 Å². The number of benzene rings is 2. The molecule has 0 aliphatic heterocycles. The van der Waals surface area contributed by atoms with Crippen molar-refractivity contribution in [1.82, 2.24) is 20.4 Å². The Balaban J connectivity index is 1.13. The fourth-order valence-corrected chi connectivity index (χ4v) is 6.97. The number of anilines is 4. The van der Waals surface area contributed by atoms with E-state index in [-0.39, 0.29) is 48.3 Å². The molecule has 0 unspecified atom stereocenters. The minimum Gasteiger partial charge on any atom is -0.326 e. The van der Waals surface area contributed by atoms with Gasteiger partial charge >= 0.3 is 0 Å². The monoisotopic (exact) mass is 632 g/mol. The molecule has 2 aromatic heterocycles. The van der Waals surface area contributed by atoms with Crippen LogP contribution in [0.3, 0.4) is 0 Å². The molecule has 0 spiro atoms. The number of rotatable bonds is 10. The number of hydrogen-bond donors (Lipinski definition) is 4. The van der Waals surface area contributed by atoms with Gasteiger partial charge in [0.2, 0.25) is 33.9 Å². The molecule has 2 atom stereocenters. The third-order valence-corrected chi connectivity index (χ3v) is 8.97. The Morgan fingerprint density at radius 1 is 0.682 bits per heavy atom. The number of carbonyl (C=O) groups excluding carboxylic acids is 4. The van der Waals surface area contributed by atoms with E-state index < -0.39 is 0 Å². The molecule has 4 amide bonds. The van der Waals surface area contributed by atoms with Crippen LogP contribution in [0.4, 0.5) is 21.6 Å². The number of nitrogens with one attached hydrogen (secondary N) is 4. The van der Waals surface area contributed by atoms with E-state index in [4.69, 9.17) is 0 Å². The highest BCUT2D eigenvalue weighted by Crippen LogP contribution is 2.43. The SMILES string of the molecule is CC(=O)Nc1cccc(CC(=O)Nc2nnc([C@H]3CCC[C@H](c4nnc(NC(=O)Cc5cccc(NC(C)=O)c5)s4)C3)s2)c1. The third kappa shape index (κ3) is 8.74. The number of nitrogens with zero attached hydrogens (tertiary/aromatic N) is 4. The number of hydrogen-bond acceptors (Lipinski definition) is 10. The van der Waals surface area contributed by atoms with Gasteiger partial charge in [0.05, 0.1) is 12.8 Å². The maximum absolute atomic E-state index is 12.7. The van der Waals surface area contributed by atoms with Crippen molar-refractivity contribution in [3.63, 3.8) is 0 Å². The lowest BCUT2D eigenvalue weighted by molar-refractivity contribution is -0.116. The molecule has 2 heterocycles. The first-order chi connectivity index (χ1) is 21.2. The van der Waals surface area contributed by atoms with E-state index in [9.17, 15) is 19.2 Å². The summed E-state index contributed by atoms with van der Waals surface area (Å²) < 4.78 is 0. The predicted molar refractivity (Wildman–Crippen MR) is 170 cm³/mol. The first kappa shape index (κ1) is 30.9. The topological polar surface area (TPSA) is 168 Å². The maximum atomic E-state index is 12.7. The van der Waals surface area contributed by atoms with E-state index in [1.807, 2.05) is 12.1 Å². The van der Waals surface area contributed by atoms with E-state index in [1.165, 1.54) is 36.5 Å². The van der Waals surface area contributed by atoms with Crippen LogP contribution in [-0.4, -0.2) is 44.0 Å². The predicted octanol–water partition coefficient (Wildman–Crippen LogP) is 5.11. The molecule has 2 aromatic carbocycles. The summed E-state index contributed by atoms with van der Waals surface area (Å²) in [5, 5.41) is 30.9. The molecule has 14 heteroatoms. The van der Waals surface area contributed by atoms with Crippen molar-refractivity contribution >= 4 is 67.9 Å². The lowest BCUT2D eigenvalue weighted by atomic mass is 9.82. The van der Waals surface area contributed by atoms with Crippen LogP contribution in [0.2, 0.25) is 0 Å². The van der Waals surface area contributed by atoms with Gasteiger partial charge in [0.15, 0.2) is 0 Å². The third-order valence-electron chi connectivity index (χ3n) is 6.97. The summed E-state index contributed by atoms with van der Waals surface area (Å²) in [5.41, 5.74) is 2.83. The van der Waals surface area contributed by atoms with Crippen LogP contribution in [0.1, 0.15) is 72.5 Å². The zero-order valence-electron chi connectivity index (χ0n) is 24.3. The zero-order valence-corrected chi connectivity index (χ0v) is 25.9. The van der Waals surface area contributed by atoms with E-state index in [0.29, 0.717) is 21.6 Å². The number of aromatic nitrogens is 4. The molecule has 1 aliphatic carbocycles. The summed E-state index contributed by atoms with van der Waals surface area (Å²) in [6.07, 6.45) is 4.05. The van der Waals surface area contributed by atoms with Crippen LogP contribution >= 0.6 is 22.7 Å². The Morgan fingerprint density at radius 3 is 1.57 bits per heavy atom. The van der Waals surface area contributed by atoms with E-state index in [0.717, 1.165) is 46.8 Å². The molecule has 228 valence electrons. The fourth-order valence-electron chi connectivity index (χ4n) is 5.16. The molecular formula is C30H32N8O4S2. The largest absolute Gasteiger partial charge is 0.326 e. The average molecular weight is 633 g/mol. The smallest absolute Gasteiger partial charge is 0.230 e. The fraction of sp³-hybridized carbons (Fsp3) is 0.333. The Morgan fingerprint density at radius 2 is 1.14 bits per heavy atom. The molecule has 0 radical (unpaired) electrons. The van der Waals surface area contributed by atoms with Crippen LogP contribution in [0, 0.1) is 0 Å². The highest BCUT2D eigenvalue weighted by molar-refractivity contribution is 7.15. The summed E-state index contributed by atoms with van der Waals surface area (Å²) in [4.78, 5) is 47.9. The minimum atomic E-state index is -0.210. The Bertz CT molecular complexity index is 1550. The van der Waals surface area contributed by atoms with Crippen LogP contribution in [0.15, 0.2) is 48.5 Å². The first-order valence-corrected chi connectivity index (χ1v) is 15.8. The second kappa shape index (κ2) is 14.3. The Hall–Kier alpha value is -4.56. The molecule has 44 heavy (non-hydrogen) atoms. The molecule has 1 aliphatic rings. The number of amides is 4. The van der Waals surface area contributed by atoms with Gasteiger partial charge in [-0.05, 0) is 54.7 Å². The van der Waals surface area contributed by atoms with Crippen LogP contribution < -0.4 is 21.3 Å². The summed E-state index contributed by atoms with van der Waals surface area (Å²) >= 11 is 2.76. The maximum Gasteiger partial charge on any atom is 0.230 e. The average Bonchev–Trinajstić information content (AvgIpc) is 3.63. The molecule has 12 nitrogen and oxygen atoms in total. The minimum absolute atomic E-state index is 0.146. The standard InChI is InChI=1S/C30H32N8O4S2/c1-17(39)31-23-10-3-6-19(12-23)14-25(41)33-29-37-35-27(43-29)21-8-5-9-22(16-21)28-36-38-30(44-28)34-26(42)15-20-7-4-11-24(13-20)32-18(2)40/h3-4,6-7,10-13,21-22H,5,8-9,14-16H2,1-2H3,(H,31,39)(H,32,40)(H,33,37,41)(H,34,38,42)/t21-,22-/m0/s1. The van der Waals surface area contributed by atoms with E-state index >= 15 is 0 Å². The summed E-state index contributed by atoms with van der Waals surface area (Å²) in [6.45, 7) is 2.88. The molecule has 4 aromatic rings. The van der Waals surface area contributed by atoms with Crippen molar-refractivity contribution in [2.45, 2.75) is 64.2 Å². The number of carbonyl (C=O) groups is 4. The Kier molecular flexibility index (Phi) is 10.0. The Labute approximate surface area is 262 Å². The van der Waals surface area contributed by atoms with Gasteiger partial charge in [-0.3, -0.25) is 19.2 Å². The van der Waals surface area contributed by atoms with E-state index in [1.54, 1.807) is 36.4 Å². The van der Waals surface area contributed by atoms with E-state index in [2.05, 4.69) is 41.7 Å². The normalized spacial score (nSPS) is 16.1. The van der Waals surface area contributed by atoms with Gasteiger partial charge in [-0.2, -0.15) is 0 Å². The van der Waals surface area contributed by atoms with Crippen molar-refractivity contribution < 1.29 is 19.2 Å². The van der Waals surface area contributed by atoms with Crippen molar-refractivity contribution in [3.8, 4) is 0 Å². The van der Waals surface area contributed by atoms with Crippen molar-refractivity contribution in [2.75, 3.05) is 21.3 Å². The molecule has 0 bridgehead atoms.